The lowest BCUT2D eigenvalue weighted by Gasteiger charge is -2.21. The van der Waals surface area contributed by atoms with Crippen LogP contribution < -0.4 is 5.32 Å². The molecule has 1 saturated carbocycles. The highest BCUT2D eigenvalue weighted by Crippen LogP contribution is 2.25. The van der Waals surface area contributed by atoms with E-state index in [-0.39, 0.29) is 18.0 Å². The van der Waals surface area contributed by atoms with Crippen molar-refractivity contribution < 1.29 is 14.7 Å². The zero-order valence-electron chi connectivity index (χ0n) is 12.2. The van der Waals surface area contributed by atoms with Crippen molar-refractivity contribution in [3.8, 4) is 0 Å². The van der Waals surface area contributed by atoms with Crippen molar-refractivity contribution >= 4 is 12.0 Å². The Hall–Kier alpha value is -2.11. The van der Waals surface area contributed by atoms with Gasteiger partial charge in [-0.05, 0) is 31.4 Å². The lowest BCUT2D eigenvalue weighted by atomic mass is 10.1. The van der Waals surface area contributed by atoms with Crippen LogP contribution in [0.1, 0.15) is 25.0 Å². The fourth-order valence-corrected chi connectivity index (χ4v) is 2.55. The summed E-state index contributed by atoms with van der Waals surface area (Å²) in [7, 11) is 1.74. The largest absolute Gasteiger partial charge is 0.481 e. The molecule has 0 aliphatic heterocycles. The van der Waals surface area contributed by atoms with Gasteiger partial charge < -0.3 is 15.3 Å². The first-order valence-electron chi connectivity index (χ1n) is 7.20. The van der Waals surface area contributed by atoms with Crippen molar-refractivity contribution in [1.82, 2.24) is 15.2 Å². The van der Waals surface area contributed by atoms with Crippen LogP contribution in [-0.4, -0.2) is 46.6 Å². The molecule has 0 aromatic carbocycles. The van der Waals surface area contributed by atoms with Crippen molar-refractivity contribution in [2.24, 2.45) is 5.92 Å². The summed E-state index contributed by atoms with van der Waals surface area (Å²) in [4.78, 5) is 28.8. The normalized spacial score (nSPS) is 21.0. The number of likely N-dealkylation sites (N-methyl/N-ethyl adjacent to an activating group) is 1. The van der Waals surface area contributed by atoms with Crippen molar-refractivity contribution in [2.45, 2.75) is 31.7 Å². The van der Waals surface area contributed by atoms with E-state index in [1.54, 1.807) is 18.1 Å². The second-order valence-corrected chi connectivity index (χ2v) is 5.49. The summed E-state index contributed by atoms with van der Waals surface area (Å²) < 4.78 is 0. The third kappa shape index (κ3) is 4.44. The molecule has 6 nitrogen and oxygen atoms in total. The lowest BCUT2D eigenvalue weighted by molar-refractivity contribution is -0.141. The molecule has 0 spiro atoms. The number of carboxylic acid groups (broad SMARTS) is 1. The monoisotopic (exact) mass is 291 g/mol. The summed E-state index contributed by atoms with van der Waals surface area (Å²) in [5.41, 5.74) is 0.948. The van der Waals surface area contributed by atoms with E-state index >= 15 is 0 Å². The number of aliphatic carboxylic acids is 1. The van der Waals surface area contributed by atoms with Crippen LogP contribution in [0, 0.1) is 5.92 Å². The van der Waals surface area contributed by atoms with Crippen molar-refractivity contribution in [3.63, 3.8) is 0 Å². The molecule has 2 atom stereocenters. The van der Waals surface area contributed by atoms with E-state index in [2.05, 4.69) is 10.3 Å². The van der Waals surface area contributed by atoms with Gasteiger partial charge in [0, 0.05) is 37.9 Å². The summed E-state index contributed by atoms with van der Waals surface area (Å²) in [5, 5.41) is 11.9. The molecule has 1 aromatic rings. The van der Waals surface area contributed by atoms with E-state index in [1.165, 1.54) is 0 Å². The quantitative estimate of drug-likeness (QED) is 0.861. The Morgan fingerprint density at radius 2 is 2.24 bits per heavy atom. The Morgan fingerprint density at radius 1 is 1.43 bits per heavy atom. The molecule has 0 radical (unpaired) electrons. The SMILES string of the molecule is CN(CCc1ccccn1)C(=O)N[C@H]1CC[C@@H](C(=O)O)C1. The van der Waals surface area contributed by atoms with Gasteiger partial charge in [-0.1, -0.05) is 6.07 Å². The van der Waals surface area contributed by atoms with E-state index in [0.717, 1.165) is 12.1 Å². The number of carboxylic acids is 1. The Kier molecular flexibility index (Phi) is 5.14. The molecular weight excluding hydrogens is 270 g/mol. The summed E-state index contributed by atoms with van der Waals surface area (Å²) >= 11 is 0. The molecule has 114 valence electrons. The predicted molar refractivity (Wildman–Crippen MR) is 77.9 cm³/mol. The summed E-state index contributed by atoms with van der Waals surface area (Å²) in [6.07, 6.45) is 4.33. The van der Waals surface area contributed by atoms with Gasteiger partial charge >= 0.3 is 12.0 Å². The van der Waals surface area contributed by atoms with Crippen LogP contribution in [-0.2, 0) is 11.2 Å². The number of urea groups is 1. The maximum atomic E-state index is 12.0. The van der Waals surface area contributed by atoms with Crippen LogP contribution in [0.25, 0.3) is 0 Å². The minimum Gasteiger partial charge on any atom is -0.481 e. The molecule has 0 bridgehead atoms. The highest BCUT2D eigenvalue weighted by Gasteiger charge is 2.30. The fraction of sp³-hybridized carbons (Fsp3) is 0.533. The van der Waals surface area contributed by atoms with E-state index < -0.39 is 5.97 Å². The van der Waals surface area contributed by atoms with Crippen LogP contribution >= 0.6 is 0 Å². The molecule has 1 fully saturated rings. The number of carbonyl (C=O) groups is 2. The zero-order valence-corrected chi connectivity index (χ0v) is 12.2. The van der Waals surface area contributed by atoms with Crippen LogP contribution in [0.3, 0.4) is 0 Å². The van der Waals surface area contributed by atoms with Crippen molar-refractivity contribution in [2.75, 3.05) is 13.6 Å². The number of hydrogen-bond donors (Lipinski definition) is 2. The molecular formula is C15H21N3O3. The Balaban J connectivity index is 1.74. The van der Waals surface area contributed by atoms with Gasteiger partial charge in [-0.25, -0.2) is 4.79 Å². The number of carbonyl (C=O) groups excluding carboxylic acids is 1. The van der Waals surface area contributed by atoms with Crippen LogP contribution in [0.2, 0.25) is 0 Å². The Bertz CT molecular complexity index is 492. The van der Waals surface area contributed by atoms with E-state index in [4.69, 9.17) is 5.11 Å². The highest BCUT2D eigenvalue weighted by atomic mass is 16.4. The molecule has 2 rings (SSSR count). The molecule has 6 heteroatoms. The molecule has 0 unspecified atom stereocenters. The molecule has 2 amide bonds. The average molecular weight is 291 g/mol. The third-order valence-electron chi connectivity index (χ3n) is 3.89. The Labute approximate surface area is 124 Å². The molecule has 1 heterocycles. The summed E-state index contributed by atoms with van der Waals surface area (Å²) in [5.74, 6) is -1.09. The highest BCUT2D eigenvalue weighted by molar-refractivity contribution is 5.75. The number of nitrogens with one attached hydrogen (secondary N) is 1. The van der Waals surface area contributed by atoms with Crippen LogP contribution in [0.15, 0.2) is 24.4 Å². The van der Waals surface area contributed by atoms with Gasteiger partial charge in [0.1, 0.15) is 0 Å². The number of hydrogen-bond acceptors (Lipinski definition) is 3. The molecule has 1 aliphatic rings. The number of pyridine rings is 1. The van der Waals surface area contributed by atoms with E-state index in [9.17, 15) is 9.59 Å². The minimum atomic E-state index is -0.768. The Morgan fingerprint density at radius 3 is 2.86 bits per heavy atom. The second-order valence-electron chi connectivity index (χ2n) is 5.49. The second kappa shape index (κ2) is 7.06. The van der Waals surface area contributed by atoms with Crippen LogP contribution in [0.4, 0.5) is 4.79 Å². The third-order valence-corrected chi connectivity index (χ3v) is 3.89. The van der Waals surface area contributed by atoms with E-state index in [0.29, 0.717) is 25.8 Å². The van der Waals surface area contributed by atoms with Gasteiger partial charge in [0.15, 0.2) is 0 Å². The smallest absolute Gasteiger partial charge is 0.317 e. The number of rotatable bonds is 5. The number of amides is 2. The standard InChI is InChI=1S/C15H21N3O3/c1-18(9-7-12-4-2-3-8-16-12)15(21)17-13-6-5-11(10-13)14(19)20/h2-4,8,11,13H,5-7,9-10H2,1H3,(H,17,21)(H,19,20)/t11-,13+/m1/s1. The lowest BCUT2D eigenvalue weighted by Crippen LogP contribution is -2.43. The number of aromatic nitrogens is 1. The predicted octanol–water partition coefficient (Wildman–Crippen LogP) is 1.52. The first kappa shape index (κ1) is 15.3. The first-order chi connectivity index (χ1) is 10.1. The summed E-state index contributed by atoms with van der Waals surface area (Å²) in [6.45, 7) is 0.581. The van der Waals surface area contributed by atoms with Gasteiger partial charge in [-0.2, -0.15) is 0 Å². The topological polar surface area (TPSA) is 82.5 Å². The van der Waals surface area contributed by atoms with Gasteiger partial charge in [0.25, 0.3) is 0 Å². The van der Waals surface area contributed by atoms with Gasteiger partial charge in [-0.3, -0.25) is 9.78 Å². The van der Waals surface area contributed by atoms with E-state index in [1.807, 2.05) is 18.2 Å². The maximum absolute atomic E-state index is 12.0. The van der Waals surface area contributed by atoms with Crippen molar-refractivity contribution in [3.05, 3.63) is 30.1 Å². The molecule has 0 saturated heterocycles. The van der Waals surface area contributed by atoms with Gasteiger partial charge in [-0.15, -0.1) is 0 Å². The van der Waals surface area contributed by atoms with Crippen molar-refractivity contribution in [1.29, 1.82) is 0 Å². The average Bonchev–Trinajstić information content (AvgIpc) is 2.94. The minimum absolute atomic E-state index is 0.0316. The number of nitrogens with zero attached hydrogens (tertiary/aromatic N) is 2. The van der Waals surface area contributed by atoms with Gasteiger partial charge in [0.2, 0.25) is 0 Å². The summed E-state index contributed by atoms with van der Waals surface area (Å²) in [6, 6.07) is 5.53. The van der Waals surface area contributed by atoms with Crippen LogP contribution in [0.5, 0.6) is 0 Å². The maximum Gasteiger partial charge on any atom is 0.317 e. The molecule has 21 heavy (non-hydrogen) atoms. The van der Waals surface area contributed by atoms with Gasteiger partial charge in [0.05, 0.1) is 5.92 Å². The first-order valence-corrected chi connectivity index (χ1v) is 7.20. The zero-order chi connectivity index (χ0) is 15.2. The molecule has 1 aliphatic carbocycles. The molecule has 1 aromatic heterocycles. The fourth-order valence-electron chi connectivity index (χ4n) is 2.55. The molecule has 2 N–H and O–H groups in total.